The van der Waals surface area contributed by atoms with Crippen molar-refractivity contribution in [1.82, 2.24) is 14.9 Å². The van der Waals surface area contributed by atoms with Crippen LogP contribution in [0.2, 0.25) is 0 Å². The number of hydrogen-bond donors (Lipinski definition) is 0. The third-order valence-corrected chi connectivity index (χ3v) is 6.04. The molecule has 2 aliphatic rings. The molecule has 2 atom stereocenters. The molecule has 3 heterocycles. The van der Waals surface area contributed by atoms with Crippen LogP contribution in [-0.4, -0.2) is 40.0 Å². The van der Waals surface area contributed by atoms with Gasteiger partial charge in [-0.15, -0.1) is 0 Å². The molecular weight excluding hydrogens is 419 g/mol. The van der Waals surface area contributed by atoms with Crippen LogP contribution < -0.4 is 4.74 Å². The lowest BCUT2D eigenvalue weighted by molar-refractivity contribution is -0.137. The van der Waals surface area contributed by atoms with E-state index in [-0.39, 0.29) is 17.9 Å². The van der Waals surface area contributed by atoms with Crippen molar-refractivity contribution in [2.24, 2.45) is 5.92 Å². The first-order valence-corrected chi connectivity index (χ1v) is 10.4. The molecule has 0 unspecified atom stereocenters. The van der Waals surface area contributed by atoms with E-state index in [1.165, 1.54) is 12.1 Å². The van der Waals surface area contributed by atoms with Gasteiger partial charge in [0.15, 0.2) is 0 Å². The van der Waals surface area contributed by atoms with Crippen molar-refractivity contribution in [3.05, 3.63) is 77.9 Å². The average molecular weight is 439 g/mol. The molecule has 0 aliphatic carbocycles. The number of carbonyl (C=O) groups is 1. The fraction of sp³-hybridized carbons (Fsp3) is 0.292. The molecule has 5 rings (SSSR count). The molecular formula is C24H20F3N3O2. The first-order valence-electron chi connectivity index (χ1n) is 10.4. The highest BCUT2D eigenvalue weighted by Crippen LogP contribution is 2.36. The van der Waals surface area contributed by atoms with Crippen molar-refractivity contribution in [1.29, 1.82) is 0 Å². The van der Waals surface area contributed by atoms with Crippen LogP contribution in [0.4, 0.5) is 13.2 Å². The first kappa shape index (κ1) is 20.5. The van der Waals surface area contributed by atoms with Gasteiger partial charge in [-0.1, -0.05) is 18.2 Å². The summed E-state index contributed by atoms with van der Waals surface area (Å²) in [7, 11) is 0. The minimum absolute atomic E-state index is 0.0295. The Morgan fingerprint density at radius 1 is 1.03 bits per heavy atom. The molecule has 1 fully saturated rings. The summed E-state index contributed by atoms with van der Waals surface area (Å²) < 4.78 is 44.5. The van der Waals surface area contributed by atoms with Gasteiger partial charge in [-0.2, -0.15) is 13.2 Å². The maximum Gasteiger partial charge on any atom is 0.416 e. The molecule has 0 bridgehead atoms. The topological polar surface area (TPSA) is 55.3 Å². The summed E-state index contributed by atoms with van der Waals surface area (Å²) in [6.45, 7) is 1.000. The monoisotopic (exact) mass is 439 g/mol. The van der Waals surface area contributed by atoms with Crippen molar-refractivity contribution >= 4 is 5.91 Å². The van der Waals surface area contributed by atoms with Gasteiger partial charge in [0, 0.05) is 25.4 Å². The third kappa shape index (κ3) is 3.92. The van der Waals surface area contributed by atoms with E-state index >= 15 is 0 Å². The zero-order chi connectivity index (χ0) is 22.3. The highest BCUT2D eigenvalue weighted by molar-refractivity contribution is 5.99. The number of alkyl halides is 3. The van der Waals surface area contributed by atoms with Crippen molar-refractivity contribution < 1.29 is 22.7 Å². The molecule has 2 aliphatic heterocycles. The SMILES string of the molecule is O=C1c2cc(-c3ccc(C(F)(F)F)cc3)ccc2OC[C@H]2C[C@@H](Cc3ncccn3)CN12. The summed E-state index contributed by atoms with van der Waals surface area (Å²) in [6, 6.07) is 11.9. The largest absolute Gasteiger partial charge is 0.491 e. The molecule has 32 heavy (non-hydrogen) atoms. The van der Waals surface area contributed by atoms with Gasteiger partial charge in [0.2, 0.25) is 0 Å². The standard InChI is InChI=1S/C24H20F3N3O2/c25-24(26,27)18-5-2-16(3-6-18)17-4-7-21-20(12-17)23(31)30-13-15(10-19(30)14-32-21)11-22-28-8-1-9-29-22/h1-9,12,15,19H,10-11,13-14H2/t15-,19+/m0/s1. The highest BCUT2D eigenvalue weighted by Gasteiger charge is 2.39. The van der Waals surface area contributed by atoms with Crippen LogP contribution in [-0.2, 0) is 12.6 Å². The van der Waals surface area contributed by atoms with Gasteiger partial charge in [-0.3, -0.25) is 4.79 Å². The second kappa shape index (κ2) is 7.93. The lowest BCUT2D eigenvalue weighted by Gasteiger charge is -2.20. The Morgan fingerprint density at radius 2 is 1.75 bits per heavy atom. The predicted octanol–water partition coefficient (Wildman–Crippen LogP) is 4.63. The number of aromatic nitrogens is 2. The second-order valence-electron chi connectivity index (χ2n) is 8.18. The van der Waals surface area contributed by atoms with E-state index in [1.54, 1.807) is 36.7 Å². The van der Waals surface area contributed by atoms with Crippen LogP contribution in [0, 0.1) is 5.92 Å². The maximum absolute atomic E-state index is 13.4. The molecule has 0 saturated carbocycles. The molecule has 0 spiro atoms. The quantitative estimate of drug-likeness (QED) is 0.597. The van der Waals surface area contributed by atoms with Gasteiger partial charge in [0.1, 0.15) is 18.2 Å². The van der Waals surface area contributed by atoms with Crippen molar-refractivity contribution in [3.63, 3.8) is 0 Å². The van der Waals surface area contributed by atoms with E-state index in [0.29, 0.717) is 42.0 Å². The van der Waals surface area contributed by atoms with Gasteiger partial charge >= 0.3 is 6.18 Å². The fourth-order valence-electron chi connectivity index (χ4n) is 4.46. The van der Waals surface area contributed by atoms with Gasteiger partial charge in [0.25, 0.3) is 5.91 Å². The van der Waals surface area contributed by atoms with Crippen LogP contribution in [0.1, 0.15) is 28.2 Å². The van der Waals surface area contributed by atoms with E-state index in [9.17, 15) is 18.0 Å². The maximum atomic E-state index is 13.4. The zero-order valence-electron chi connectivity index (χ0n) is 17.0. The number of halogens is 3. The number of amides is 1. The van der Waals surface area contributed by atoms with Gasteiger partial charge in [0.05, 0.1) is 17.2 Å². The molecule has 3 aromatic rings. The number of rotatable bonds is 3. The fourth-order valence-corrected chi connectivity index (χ4v) is 4.46. The summed E-state index contributed by atoms with van der Waals surface area (Å²) in [4.78, 5) is 23.8. The molecule has 1 saturated heterocycles. The number of ether oxygens (including phenoxy) is 1. The molecule has 164 valence electrons. The lowest BCUT2D eigenvalue weighted by atomic mass is 10.0. The summed E-state index contributed by atoms with van der Waals surface area (Å²) in [6.07, 6.45) is 0.539. The zero-order valence-corrected chi connectivity index (χ0v) is 17.0. The van der Waals surface area contributed by atoms with E-state index < -0.39 is 11.7 Å². The molecule has 1 amide bonds. The highest BCUT2D eigenvalue weighted by atomic mass is 19.4. The Labute approximate surface area is 182 Å². The molecule has 0 N–H and O–H groups in total. The van der Waals surface area contributed by atoms with Crippen LogP contribution in [0.15, 0.2) is 60.9 Å². The summed E-state index contributed by atoms with van der Waals surface area (Å²) in [5.74, 6) is 1.39. The van der Waals surface area contributed by atoms with Gasteiger partial charge in [-0.05, 0) is 53.8 Å². The Kier molecular flexibility index (Phi) is 5.07. The normalized spacial score (nSPS) is 20.3. The summed E-state index contributed by atoms with van der Waals surface area (Å²) >= 11 is 0. The van der Waals surface area contributed by atoms with Crippen LogP contribution >= 0.6 is 0 Å². The number of hydrogen-bond acceptors (Lipinski definition) is 4. The first-order chi connectivity index (χ1) is 15.4. The Balaban J connectivity index is 1.38. The van der Waals surface area contributed by atoms with E-state index in [2.05, 4.69) is 9.97 Å². The Morgan fingerprint density at radius 3 is 2.47 bits per heavy atom. The molecule has 1 aromatic heterocycles. The molecule has 0 radical (unpaired) electrons. The van der Waals surface area contributed by atoms with Crippen molar-refractivity contribution in [3.8, 4) is 16.9 Å². The van der Waals surface area contributed by atoms with Crippen LogP contribution in [0.3, 0.4) is 0 Å². The number of carbonyl (C=O) groups excluding carboxylic acids is 1. The molecule has 5 nitrogen and oxygen atoms in total. The minimum Gasteiger partial charge on any atom is -0.491 e. The Hall–Kier alpha value is -3.42. The smallest absolute Gasteiger partial charge is 0.416 e. The van der Waals surface area contributed by atoms with Crippen LogP contribution in [0.5, 0.6) is 5.75 Å². The molecule has 8 heteroatoms. The number of nitrogens with zero attached hydrogens (tertiary/aromatic N) is 3. The van der Waals surface area contributed by atoms with E-state index in [0.717, 1.165) is 24.4 Å². The third-order valence-electron chi connectivity index (χ3n) is 6.04. The van der Waals surface area contributed by atoms with E-state index in [4.69, 9.17) is 4.74 Å². The van der Waals surface area contributed by atoms with Crippen LogP contribution in [0.25, 0.3) is 11.1 Å². The predicted molar refractivity (Wildman–Crippen MR) is 111 cm³/mol. The molecule has 2 aromatic carbocycles. The lowest BCUT2D eigenvalue weighted by Crippen LogP contribution is -2.36. The van der Waals surface area contributed by atoms with Gasteiger partial charge < -0.3 is 9.64 Å². The number of fused-ring (bicyclic) bond motifs is 2. The second-order valence-corrected chi connectivity index (χ2v) is 8.18. The summed E-state index contributed by atoms with van der Waals surface area (Å²) in [5.41, 5.74) is 1.00. The van der Waals surface area contributed by atoms with Gasteiger partial charge in [-0.25, -0.2) is 9.97 Å². The van der Waals surface area contributed by atoms with Crippen molar-refractivity contribution in [2.45, 2.75) is 25.1 Å². The van der Waals surface area contributed by atoms with Crippen molar-refractivity contribution in [2.75, 3.05) is 13.2 Å². The Bertz CT molecular complexity index is 1130. The minimum atomic E-state index is -4.39. The summed E-state index contributed by atoms with van der Waals surface area (Å²) in [5, 5.41) is 0. The number of benzene rings is 2. The average Bonchev–Trinajstić information content (AvgIpc) is 3.14. The van der Waals surface area contributed by atoms with E-state index in [1.807, 2.05) is 4.90 Å².